The number of benzene rings is 1. The van der Waals surface area contributed by atoms with E-state index in [4.69, 9.17) is 32.9 Å². The first-order valence-corrected chi connectivity index (χ1v) is 11.7. The van der Waals surface area contributed by atoms with Gasteiger partial charge in [0.25, 0.3) is 0 Å². The van der Waals surface area contributed by atoms with Crippen LogP contribution in [0.5, 0.6) is 0 Å². The molecule has 1 saturated carbocycles. The fourth-order valence-electron chi connectivity index (χ4n) is 4.10. The molecule has 1 aromatic heterocycles. The zero-order valence-electron chi connectivity index (χ0n) is 17.0. The fraction of sp³-hybridized carbons (Fsp3) is 0.682. The maximum absolute atomic E-state index is 6.04. The Morgan fingerprint density at radius 2 is 1.86 bits per heavy atom. The van der Waals surface area contributed by atoms with Crippen molar-refractivity contribution in [1.82, 2.24) is 9.55 Å². The number of aryl methyl sites for hydroxylation is 2. The van der Waals surface area contributed by atoms with Crippen molar-refractivity contribution in [2.24, 2.45) is 7.05 Å². The molecule has 3 rings (SSSR count). The topological polar surface area (TPSA) is 30.3 Å². The number of hydrogen-bond donors (Lipinski definition) is 0. The molecule has 2 aromatic rings. The summed E-state index contributed by atoms with van der Waals surface area (Å²) in [6, 6.07) is 6.46. The van der Waals surface area contributed by atoms with Gasteiger partial charge >= 0.3 is 0 Å². The molecule has 0 radical (unpaired) electrons. The summed E-state index contributed by atoms with van der Waals surface area (Å²) < 4.78 is 8.26. The Hall–Kier alpha value is -0.970. The average molecular weight is 426 g/mol. The molecular formula is C22H33Cl2N3O. The number of hydrogen-bond acceptors (Lipinski definition) is 3. The lowest BCUT2D eigenvalue weighted by molar-refractivity contribution is 0.0265. The van der Waals surface area contributed by atoms with Crippen LogP contribution in [-0.2, 0) is 18.2 Å². The van der Waals surface area contributed by atoms with Crippen LogP contribution < -0.4 is 4.90 Å². The molecule has 1 aliphatic rings. The molecular weight excluding hydrogens is 393 g/mol. The third kappa shape index (κ3) is 5.77. The number of alkyl halides is 2. The lowest BCUT2D eigenvalue weighted by atomic mass is 9.98. The van der Waals surface area contributed by atoms with Gasteiger partial charge in [-0.15, -0.1) is 23.2 Å². The summed E-state index contributed by atoms with van der Waals surface area (Å²) in [4.78, 5) is 7.11. The first kappa shape index (κ1) is 21.7. The van der Waals surface area contributed by atoms with Gasteiger partial charge < -0.3 is 14.2 Å². The van der Waals surface area contributed by atoms with Gasteiger partial charge in [0.15, 0.2) is 0 Å². The number of unbranched alkanes of at least 4 members (excludes halogenated alkanes) is 1. The molecule has 0 saturated heterocycles. The van der Waals surface area contributed by atoms with E-state index >= 15 is 0 Å². The first-order valence-electron chi connectivity index (χ1n) is 10.7. The highest BCUT2D eigenvalue weighted by Gasteiger charge is 2.14. The predicted octanol–water partition coefficient (Wildman–Crippen LogP) is 5.53. The van der Waals surface area contributed by atoms with Crippen LogP contribution in [0.1, 0.15) is 50.8 Å². The van der Waals surface area contributed by atoms with Gasteiger partial charge in [0.1, 0.15) is 5.82 Å². The molecule has 0 bridgehead atoms. The zero-order valence-corrected chi connectivity index (χ0v) is 18.5. The first-order chi connectivity index (χ1) is 13.7. The Morgan fingerprint density at radius 3 is 2.57 bits per heavy atom. The maximum atomic E-state index is 6.04. The number of halogens is 2. The minimum Gasteiger partial charge on any atom is -0.378 e. The van der Waals surface area contributed by atoms with Crippen molar-refractivity contribution in [3.63, 3.8) is 0 Å². The molecule has 28 heavy (non-hydrogen) atoms. The van der Waals surface area contributed by atoms with Gasteiger partial charge in [-0.2, -0.15) is 0 Å². The van der Waals surface area contributed by atoms with Crippen molar-refractivity contribution < 1.29 is 4.74 Å². The Morgan fingerprint density at radius 1 is 1.11 bits per heavy atom. The van der Waals surface area contributed by atoms with Crippen molar-refractivity contribution >= 4 is 39.9 Å². The van der Waals surface area contributed by atoms with E-state index in [-0.39, 0.29) is 0 Å². The van der Waals surface area contributed by atoms with Gasteiger partial charge in [0, 0.05) is 50.6 Å². The highest BCUT2D eigenvalue weighted by Crippen LogP contribution is 2.24. The minimum absolute atomic E-state index is 0.506. The minimum atomic E-state index is 0.506. The molecule has 0 N–H and O–H groups in total. The van der Waals surface area contributed by atoms with Crippen molar-refractivity contribution in [2.75, 3.05) is 36.4 Å². The van der Waals surface area contributed by atoms with Crippen molar-refractivity contribution in [2.45, 2.75) is 57.5 Å². The van der Waals surface area contributed by atoms with Crippen LogP contribution >= 0.6 is 23.2 Å². The number of imidazole rings is 1. The van der Waals surface area contributed by atoms with Crippen LogP contribution in [0.3, 0.4) is 0 Å². The highest BCUT2D eigenvalue weighted by atomic mass is 35.5. The Kier molecular flexibility index (Phi) is 8.75. The molecule has 0 unspecified atom stereocenters. The van der Waals surface area contributed by atoms with Crippen molar-refractivity contribution in [3.8, 4) is 0 Å². The third-order valence-corrected chi connectivity index (χ3v) is 6.07. The van der Waals surface area contributed by atoms with Crippen LogP contribution in [0.2, 0.25) is 0 Å². The largest absolute Gasteiger partial charge is 0.378 e. The van der Waals surface area contributed by atoms with Gasteiger partial charge in [0.2, 0.25) is 0 Å². The molecule has 4 nitrogen and oxygen atoms in total. The van der Waals surface area contributed by atoms with Crippen LogP contribution in [0.4, 0.5) is 5.69 Å². The Balaban J connectivity index is 1.55. The number of fused-ring (bicyclic) bond motifs is 1. The predicted molar refractivity (Wildman–Crippen MR) is 120 cm³/mol. The second-order valence-corrected chi connectivity index (χ2v) is 8.47. The van der Waals surface area contributed by atoms with E-state index in [0.717, 1.165) is 56.0 Å². The number of ether oxygens (including phenoxy) is 1. The second kappa shape index (κ2) is 11.3. The highest BCUT2D eigenvalue weighted by molar-refractivity contribution is 6.18. The number of anilines is 1. The molecule has 0 spiro atoms. The van der Waals surface area contributed by atoms with Gasteiger partial charge in [-0.3, -0.25) is 0 Å². The van der Waals surface area contributed by atoms with Crippen LogP contribution in [0.15, 0.2) is 18.2 Å². The number of aromatic nitrogens is 2. The van der Waals surface area contributed by atoms with Crippen molar-refractivity contribution in [3.05, 3.63) is 24.0 Å². The SMILES string of the molecule is Cn1c(CCCCOC2CCCCC2)nc2cc(N(CCCl)CCCl)ccc21. The summed E-state index contributed by atoms with van der Waals surface area (Å²) in [6.07, 6.45) is 10.2. The summed E-state index contributed by atoms with van der Waals surface area (Å²) in [5.41, 5.74) is 3.36. The lowest BCUT2D eigenvalue weighted by Crippen LogP contribution is -2.27. The van der Waals surface area contributed by atoms with E-state index < -0.39 is 0 Å². The molecule has 0 aliphatic heterocycles. The van der Waals surface area contributed by atoms with Gasteiger partial charge in [-0.05, 0) is 43.9 Å². The van der Waals surface area contributed by atoms with Crippen LogP contribution in [0, 0.1) is 0 Å². The standard InChI is InChI=1S/C22H33Cl2N3O/c1-26-21-11-10-18(27(14-12-23)15-13-24)17-20(21)25-22(26)9-5-6-16-28-19-7-3-2-4-8-19/h10-11,17,19H,2-9,12-16H2,1H3. The molecule has 1 fully saturated rings. The molecule has 156 valence electrons. The van der Waals surface area contributed by atoms with Gasteiger partial charge in [0.05, 0.1) is 17.1 Å². The van der Waals surface area contributed by atoms with Crippen LogP contribution in [0.25, 0.3) is 11.0 Å². The van der Waals surface area contributed by atoms with E-state index in [1.54, 1.807) is 0 Å². The van der Waals surface area contributed by atoms with E-state index in [1.807, 2.05) is 0 Å². The number of rotatable bonds is 11. The monoisotopic (exact) mass is 425 g/mol. The van der Waals surface area contributed by atoms with E-state index in [2.05, 4.69) is 34.7 Å². The summed E-state index contributed by atoms with van der Waals surface area (Å²) in [7, 11) is 2.11. The fourth-order valence-corrected chi connectivity index (χ4v) is 4.51. The molecule has 0 amide bonds. The summed E-state index contributed by atoms with van der Waals surface area (Å²) in [6.45, 7) is 2.46. The summed E-state index contributed by atoms with van der Waals surface area (Å²) in [5, 5.41) is 0. The smallest absolute Gasteiger partial charge is 0.109 e. The maximum Gasteiger partial charge on any atom is 0.109 e. The molecule has 0 atom stereocenters. The molecule has 6 heteroatoms. The van der Waals surface area contributed by atoms with E-state index in [9.17, 15) is 0 Å². The summed E-state index contributed by atoms with van der Waals surface area (Å²) >= 11 is 11.9. The van der Waals surface area contributed by atoms with E-state index in [0.29, 0.717) is 17.9 Å². The average Bonchev–Trinajstić information content (AvgIpc) is 3.03. The molecule has 1 aliphatic carbocycles. The third-order valence-electron chi connectivity index (χ3n) is 5.73. The molecule has 1 aromatic carbocycles. The normalized spacial score (nSPS) is 15.4. The van der Waals surface area contributed by atoms with E-state index in [1.165, 1.54) is 37.6 Å². The Bertz CT molecular complexity index is 722. The second-order valence-electron chi connectivity index (χ2n) is 7.71. The molecule has 1 heterocycles. The van der Waals surface area contributed by atoms with Gasteiger partial charge in [-0.25, -0.2) is 4.98 Å². The van der Waals surface area contributed by atoms with Crippen molar-refractivity contribution in [1.29, 1.82) is 0 Å². The van der Waals surface area contributed by atoms with Gasteiger partial charge in [-0.1, -0.05) is 19.3 Å². The number of nitrogens with zero attached hydrogens (tertiary/aromatic N) is 3. The Labute approximate surface area is 179 Å². The summed E-state index contributed by atoms with van der Waals surface area (Å²) in [5.74, 6) is 2.32. The zero-order chi connectivity index (χ0) is 19.8. The van der Waals surface area contributed by atoms with Crippen LogP contribution in [-0.4, -0.2) is 47.1 Å². The quantitative estimate of drug-likeness (QED) is 0.350. The lowest BCUT2D eigenvalue weighted by Gasteiger charge is -2.22.